The van der Waals surface area contributed by atoms with Gasteiger partial charge in [-0.2, -0.15) is 0 Å². The molecule has 3 N–H and O–H groups in total. The highest BCUT2D eigenvalue weighted by molar-refractivity contribution is 8.01. The SMILES string of the molecule is CC1(C)S[C@@H]2[C@H](NC(=O)CNC3=CCCCC3)C(=O)N2[C@H]1C(=O)O. The van der Waals surface area contributed by atoms with Gasteiger partial charge in [-0.3, -0.25) is 9.59 Å². The van der Waals surface area contributed by atoms with Gasteiger partial charge in [0.25, 0.3) is 0 Å². The lowest BCUT2D eigenvalue weighted by Crippen LogP contribution is -2.71. The van der Waals surface area contributed by atoms with Gasteiger partial charge in [-0.25, -0.2) is 4.79 Å². The minimum atomic E-state index is -1.00. The Bertz CT molecular complexity index is 604. The fraction of sp³-hybridized carbons (Fsp3) is 0.688. The monoisotopic (exact) mass is 353 g/mol. The Morgan fingerprint density at radius 2 is 2.17 bits per heavy atom. The molecule has 0 saturated carbocycles. The minimum absolute atomic E-state index is 0.138. The number of amides is 2. The number of carboxylic acid groups (broad SMARTS) is 1. The van der Waals surface area contributed by atoms with Gasteiger partial charge < -0.3 is 20.6 Å². The molecule has 0 aromatic rings. The van der Waals surface area contributed by atoms with Crippen molar-refractivity contribution in [2.45, 2.75) is 61.7 Å². The number of allylic oxidation sites excluding steroid dienone is 2. The van der Waals surface area contributed by atoms with Crippen LogP contribution < -0.4 is 10.6 Å². The number of hydrogen-bond acceptors (Lipinski definition) is 5. The number of carbonyl (C=O) groups excluding carboxylic acids is 2. The Kier molecular flexibility index (Phi) is 4.50. The molecular weight excluding hydrogens is 330 g/mol. The Labute approximate surface area is 145 Å². The lowest BCUT2D eigenvalue weighted by Gasteiger charge is -2.43. The molecule has 0 radical (unpaired) electrons. The van der Waals surface area contributed by atoms with Crippen LogP contribution in [0.5, 0.6) is 0 Å². The van der Waals surface area contributed by atoms with Crippen molar-refractivity contribution in [3.05, 3.63) is 11.8 Å². The summed E-state index contributed by atoms with van der Waals surface area (Å²) in [4.78, 5) is 37.2. The van der Waals surface area contributed by atoms with Crippen LogP contribution in [0.15, 0.2) is 11.8 Å². The molecule has 24 heavy (non-hydrogen) atoms. The quantitative estimate of drug-likeness (QED) is 0.628. The third-order valence-corrected chi connectivity index (χ3v) is 6.33. The molecule has 2 amide bonds. The summed E-state index contributed by atoms with van der Waals surface area (Å²) in [5.41, 5.74) is 1.08. The zero-order valence-electron chi connectivity index (χ0n) is 13.9. The average molecular weight is 353 g/mol. The fourth-order valence-electron chi connectivity index (χ4n) is 3.56. The molecule has 3 atom stereocenters. The second kappa shape index (κ2) is 6.31. The molecule has 3 rings (SSSR count). The number of β-lactam (4-membered cyclic amide) rings is 1. The van der Waals surface area contributed by atoms with Gasteiger partial charge in [0.2, 0.25) is 11.8 Å². The zero-order valence-corrected chi connectivity index (χ0v) is 14.7. The van der Waals surface area contributed by atoms with Gasteiger partial charge in [0.05, 0.1) is 6.54 Å². The highest BCUT2D eigenvalue weighted by atomic mass is 32.2. The molecule has 7 nitrogen and oxygen atoms in total. The molecule has 0 bridgehead atoms. The Morgan fingerprint density at radius 3 is 2.79 bits per heavy atom. The van der Waals surface area contributed by atoms with Crippen LogP contribution in [-0.4, -0.2) is 56.5 Å². The van der Waals surface area contributed by atoms with Crippen LogP contribution >= 0.6 is 11.8 Å². The average Bonchev–Trinajstić information content (AvgIpc) is 2.80. The molecular formula is C16H23N3O4S. The second-order valence-corrected chi connectivity index (χ2v) is 8.74. The lowest BCUT2D eigenvalue weighted by molar-refractivity contribution is -0.161. The summed E-state index contributed by atoms with van der Waals surface area (Å²) in [5.74, 6) is -1.55. The zero-order chi connectivity index (χ0) is 17.5. The van der Waals surface area contributed by atoms with Gasteiger partial charge in [-0.1, -0.05) is 6.08 Å². The molecule has 2 saturated heterocycles. The maximum Gasteiger partial charge on any atom is 0.327 e. The molecule has 2 fully saturated rings. The summed E-state index contributed by atoms with van der Waals surface area (Å²) in [5, 5.41) is 14.9. The molecule has 0 spiro atoms. The van der Waals surface area contributed by atoms with Crippen LogP contribution in [0, 0.1) is 0 Å². The molecule has 8 heteroatoms. The van der Waals surface area contributed by atoms with E-state index >= 15 is 0 Å². The first-order chi connectivity index (χ1) is 11.3. The van der Waals surface area contributed by atoms with E-state index in [0.29, 0.717) is 0 Å². The second-order valence-electron chi connectivity index (χ2n) is 6.97. The largest absolute Gasteiger partial charge is 0.480 e. The maximum absolute atomic E-state index is 12.3. The Balaban J connectivity index is 1.55. The predicted octanol–water partition coefficient (Wildman–Crippen LogP) is 0.666. The maximum atomic E-state index is 12.3. The number of thioether (sulfide) groups is 1. The highest BCUT2D eigenvalue weighted by Gasteiger charge is 2.64. The van der Waals surface area contributed by atoms with Crippen LogP contribution in [0.4, 0.5) is 0 Å². The first-order valence-corrected chi connectivity index (χ1v) is 9.14. The van der Waals surface area contributed by atoms with Crippen molar-refractivity contribution in [2.75, 3.05) is 6.54 Å². The van der Waals surface area contributed by atoms with E-state index in [1.54, 1.807) is 0 Å². The fourth-order valence-corrected chi connectivity index (χ4v) is 5.19. The van der Waals surface area contributed by atoms with Crippen LogP contribution in [0.25, 0.3) is 0 Å². The number of nitrogens with one attached hydrogen (secondary N) is 2. The summed E-state index contributed by atoms with van der Waals surface area (Å²) in [6, 6.07) is -1.48. The van der Waals surface area contributed by atoms with E-state index in [1.165, 1.54) is 23.1 Å². The van der Waals surface area contributed by atoms with Crippen LogP contribution in [0.2, 0.25) is 0 Å². The third kappa shape index (κ3) is 2.99. The van der Waals surface area contributed by atoms with Crippen molar-refractivity contribution in [2.24, 2.45) is 0 Å². The number of nitrogens with zero attached hydrogens (tertiary/aromatic N) is 1. The van der Waals surface area contributed by atoms with E-state index in [4.69, 9.17) is 0 Å². The van der Waals surface area contributed by atoms with E-state index in [2.05, 4.69) is 16.7 Å². The van der Waals surface area contributed by atoms with Crippen molar-refractivity contribution in [1.29, 1.82) is 0 Å². The number of carbonyl (C=O) groups is 3. The highest BCUT2D eigenvalue weighted by Crippen LogP contribution is 2.50. The number of carboxylic acids is 1. The van der Waals surface area contributed by atoms with Gasteiger partial charge in [-0.05, 0) is 39.5 Å². The Hall–Kier alpha value is -1.70. The van der Waals surface area contributed by atoms with Crippen molar-refractivity contribution < 1.29 is 19.5 Å². The summed E-state index contributed by atoms with van der Waals surface area (Å²) in [6.07, 6.45) is 6.41. The summed E-state index contributed by atoms with van der Waals surface area (Å²) < 4.78 is -0.573. The van der Waals surface area contributed by atoms with Crippen LogP contribution in [-0.2, 0) is 14.4 Å². The first kappa shape index (κ1) is 17.1. The first-order valence-electron chi connectivity index (χ1n) is 8.26. The van der Waals surface area contributed by atoms with Gasteiger partial charge in [0.1, 0.15) is 17.5 Å². The summed E-state index contributed by atoms with van der Waals surface area (Å²) in [6.45, 7) is 3.77. The van der Waals surface area contributed by atoms with Crippen molar-refractivity contribution in [3.63, 3.8) is 0 Å². The van der Waals surface area contributed by atoms with Gasteiger partial charge >= 0.3 is 5.97 Å². The molecule has 132 valence electrons. The normalized spacial score (nSPS) is 30.9. The molecule has 2 aliphatic heterocycles. The number of aliphatic carboxylic acids is 1. The third-order valence-electron chi connectivity index (χ3n) is 4.76. The molecule has 0 unspecified atom stereocenters. The summed E-state index contributed by atoms with van der Waals surface area (Å²) >= 11 is 1.43. The van der Waals surface area contributed by atoms with Crippen molar-refractivity contribution in [3.8, 4) is 0 Å². The number of fused-ring (bicyclic) bond motifs is 1. The van der Waals surface area contributed by atoms with Gasteiger partial charge in [0, 0.05) is 10.4 Å². The minimum Gasteiger partial charge on any atom is -0.480 e. The molecule has 0 aromatic heterocycles. The smallest absolute Gasteiger partial charge is 0.327 e. The van der Waals surface area contributed by atoms with Crippen LogP contribution in [0.1, 0.15) is 39.5 Å². The standard InChI is InChI=1S/C16H23N3O4S/c1-16(2)12(15(22)23)19-13(21)11(14(19)24-16)18-10(20)8-17-9-6-4-3-5-7-9/h6,11-12,14,17H,3-5,7-8H2,1-2H3,(H,18,20)(H,22,23)/t11-,12+,14-/m1/s1. The van der Waals surface area contributed by atoms with E-state index in [-0.39, 0.29) is 23.7 Å². The van der Waals surface area contributed by atoms with Crippen LogP contribution in [0.3, 0.4) is 0 Å². The van der Waals surface area contributed by atoms with E-state index in [0.717, 1.165) is 25.0 Å². The van der Waals surface area contributed by atoms with E-state index in [1.807, 2.05) is 13.8 Å². The molecule has 0 aromatic carbocycles. The Morgan fingerprint density at radius 1 is 1.42 bits per heavy atom. The predicted molar refractivity (Wildman–Crippen MR) is 90.2 cm³/mol. The van der Waals surface area contributed by atoms with E-state index < -0.39 is 22.8 Å². The summed E-state index contributed by atoms with van der Waals surface area (Å²) in [7, 11) is 0. The van der Waals surface area contributed by atoms with Gasteiger partial charge in [0.15, 0.2) is 0 Å². The van der Waals surface area contributed by atoms with Crippen molar-refractivity contribution >= 4 is 29.5 Å². The molecule has 1 aliphatic carbocycles. The number of rotatable bonds is 5. The topological polar surface area (TPSA) is 98.7 Å². The van der Waals surface area contributed by atoms with E-state index in [9.17, 15) is 19.5 Å². The lowest BCUT2D eigenvalue weighted by atomic mass is 9.96. The molecule has 2 heterocycles. The number of hydrogen-bond donors (Lipinski definition) is 3. The van der Waals surface area contributed by atoms with Crippen molar-refractivity contribution in [1.82, 2.24) is 15.5 Å². The van der Waals surface area contributed by atoms with Gasteiger partial charge in [-0.15, -0.1) is 11.8 Å². The molecule has 3 aliphatic rings.